The number of nitrogens with two attached hydrogens (primary N) is 1. The normalized spacial score (nSPS) is 13.7. The Morgan fingerprint density at radius 3 is 2.17 bits per heavy atom. The van der Waals surface area contributed by atoms with Gasteiger partial charge in [0.05, 0.1) is 5.56 Å². The van der Waals surface area contributed by atoms with Gasteiger partial charge in [-0.05, 0) is 35.4 Å². The van der Waals surface area contributed by atoms with Crippen LogP contribution in [0.5, 0.6) is 0 Å². The minimum Gasteiger partial charge on any atom is -0.365 e. The Labute approximate surface area is 175 Å². The standard InChI is InChI=1S/C23H23N5O2/c24-21(29)20-7-4-12-25-22(20)27-13-15-28(16-14-27)23(30)26-19-10-8-18(9-11-19)17-5-2-1-3-6-17/h1-12H,13-16H2,(H2,24,29)(H,26,30). The minimum absolute atomic E-state index is 0.141. The Hall–Kier alpha value is -3.87. The second-order valence-electron chi connectivity index (χ2n) is 7.09. The number of benzene rings is 2. The van der Waals surface area contributed by atoms with Crippen molar-refractivity contribution in [3.8, 4) is 11.1 Å². The fourth-order valence-corrected chi connectivity index (χ4v) is 3.54. The predicted molar refractivity (Wildman–Crippen MR) is 117 cm³/mol. The Balaban J connectivity index is 1.35. The van der Waals surface area contributed by atoms with Crippen LogP contribution in [-0.2, 0) is 0 Å². The minimum atomic E-state index is -0.503. The van der Waals surface area contributed by atoms with E-state index in [0.717, 1.165) is 16.8 Å². The molecule has 4 rings (SSSR count). The number of pyridine rings is 1. The third kappa shape index (κ3) is 4.25. The summed E-state index contributed by atoms with van der Waals surface area (Å²) in [7, 11) is 0. The zero-order valence-corrected chi connectivity index (χ0v) is 16.5. The lowest BCUT2D eigenvalue weighted by Gasteiger charge is -2.35. The Morgan fingerprint density at radius 1 is 0.833 bits per heavy atom. The van der Waals surface area contributed by atoms with Gasteiger partial charge < -0.3 is 20.9 Å². The second-order valence-corrected chi connectivity index (χ2v) is 7.09. The van der Waals surface area contributed by atoms with Gasteiger partial charge in [0, 0.05) is 38.1 Å². The fraction of sp³-hybridized carbons (Fsp3) is 0.174. The zero-order chi connectivity index (χ0) is 20.9. The van der Waals surface area contributed by atoms with Crippen LogP contribution in [0, 0.1) is 0 Å². The number of carbonyl (C=O) groups is 2. The van der Waals surface area contributed by atoms with Gasteiger partial charge in [-0.1, -0.05) is 42.5 Å². The third-order valence-corrected chi connectivity index (χ3v) is 5.16. The molecule has 7 nitrogen and oxygen atoms in total. The van der Waals surface area contributed by atoms with Gasteiger partial charge in [0.25, 0.3) is 5.91 Å². The third-order valence-electron chi connectivity index (χ3n) is 5.16. The predicted octanol–water partition coefficient (Wildman–Crippen LogP) is 3.20. The number of nitrogens with zero attached hydrogens (tertiary/aromatic N) is 3. The highest BCUT2D eigenvalue weighted by Crippen LogP contribution is 2.22. The first-order valence-corrected chi connectivity index (χ1v) is 9.83. The summed E-state index contributed by atoms with van der Waals surface area (Å²) in [6.07, 6.45) is 1.64. The first-order chi connectivity index (χ1) is 14.6. The number of aromatic nitrogens is 1. The van der Waals surface area contributed by atoms with Crippen molar-refractivity contribution < 1.29 is 9.59 Å². The van der Waals surface area contributed by atoms with Gasteiger partial charge in [0.1, 0.15) is 5.82 Å². The molecule has 1 aliphatic rings. The van der Waals surface area contributed by atoms with Gasteiger partial charge in [-0.15, -0.1) is 0 Å². The molecule has 0 aliphatic carbocycles. The summed E-state index contributed by atoms with van der Waals surface area (Å²) >= 11 is 0. The number of rotatable bonds is 4. The largest absolute Gasteiger partial charge is 0.365 e. The van der Waals surface area contributed by atoms with Crippen LogP contribution in [-0.4, -0.2) is 48.0 Å². The molecule has 3 N–H and O–H groups in total. The number of urea groups is 1. The number of nitrogens with one attached hydrogen (secondary N) is 1. The van der Waals surface area contributed by atoms with E-state index < -0.39 is 5.91 Å². The SMILES string of the molecule is NC(=O)c1cccnc1N1CCN(C(=O)Nc2ccc(-c3ccccc3)cc2)CC1. The molecule has 1 saturated heterocycles. The van der Waals surface area contributed by atoms with E-state index in [1.54, 1.807) is 23.2 Å². The second kappa shape index (κ2) is 8.65. The lowest BCUT2D eigenvalue weighted by Crippen LogP contribution is -2.50. The molecule has 3 aromatic rings. The van der Waals surface area contributed by atoms with Crippen molar-refractivity contribution in [2.24, 2.45) is 5.73 Å². The van der Waals surface area contributed by atoms with Crippen LogP contribution in [0.25, 0.3) is 11.1 Å². The maximum Gasteiger partial charge on any atom is 0.321 e. The van der Waals surface area contributed by atoms with Gasteiger partial charge in [-0.25, -0.2) is 9.78 Å². The summed E-state index contributed by atoms with van der Waals surface area (Å²) in [6.45, 7) is 2.22. The van der Waals surface area contributed by atoms with Crippen molar-refractivity contribution in [1.82, 2.24) is 9.88 Å². The highest BCUT2D eigenvalue weighted by molar-refractivity contribution is 5.97. The monoisotopic (exact) mass is 401 g/mol. The van der Waals surface area contributed by atoms with E-state index >= 15 is 0 Å². The van der Waals surface area contributed by atoms with E-state index in [-0.39, 0.29) is 6.03 Å². The first kappa shape index (κ1) is 19.4. The molecule has 7 heteroatoms. The fourth-order valence-electron chi connectivity index (χ4n) is 3.54. The number of anilines is 2. The molecule has 0 spiro atoms. The Morgan fingerprint density at radius 2 is 1.50 bits per heavy atom. The first-order valence-electron chi connectivity index (χ1n) is 9.83. The van der Waals surface area contributed by atoms with E-state index in [4.69, 9.17) is 5.73 Å². The van der Waals surface area contributed by atoms with Crippen molar-refractivity contribution in [3.05, 3.63) is 78.5 Å². The lowest BCUT2D eigenvalue weighted by atomic mass is 10.1. The number of piperazine rings is 1. The van der Waals surface area contributed by atoms with Crippen LogP contribution in [0.1, 0.15) is 10.4 Å². The summed E-state index contributed by atoms with van der Waals surface area (Å²) < 4.78 is 0. The summed E-state index contributed by atoms with van der Waals surface area (Å²) in [4.78, 5) is 32.3. The van der Waals surface area contributed by atoms with E-state index in [1.165, 1.54) is 0 Å². The zero-order valence-electron chi connectivity index (χ0n) is 16.5. The van der Waals surface area contributed by atoms with Crippen LogP contribution < -0.4 is 16.0 Å². The van der Waals surface area contributed by atoms with Gasteiger partial charge in [-0.2, -0.15) is 0 Å². The molecule has 152 valence electrons. The highest BCUT2D eigenvalue weighted by atomic mass is 16.2. The quantitative estimate of drug-likeness (QED) is 0.702. The molecule has 30 heavy (non-hydrogen) atoms. The van der Waals surface area contributed by atoms with Crippen molar-refractivity contribution in [1.29, 1.82) is 0 Å². The van der Waals surface area contributed by atoms with Crippen molar-refractivity contribution >= 4 is 23.4 Å². The van der Waals surface area contributed by atoms with E-state index in [1.807, 2.05) is 47.4 Å². The molecule has 1 fully saturated rings. The number of amides is 3. The molecule has 0 bridgehead atoms. The Kier molecular flexibility index (Phi) is 5.61. The molecular weight excluding hydrogens is 378 g/mol. The van der Waals surface area contributed by atoms with Crippen LogP contribution in [0.2, 0.25) is 0 Å². The topological polar surface area (TPSA) is 91.6 Å². The summed E-state index contributed by atoms with van der Waals surface area (Å²) in [5, 5.41) is 2.95. The number of hydrogen-bond donors (Lipinski definition) is 2. The van der Waals surface area contributed by atoms with Crippen LogP contribution in [0.15, 0.2) is 72.9 Å². The molecule has 0 atom stereocenters. The molecule has 0 radical (unpaired) electrons. The van der Waals surface area contributed by atoms with Crippen LogP contribution in [0.3, 0.4) is 0 Å². The molecule has 1 aromatic heterocycles. The summed E-state index contributed by atoms with van der Waals surface area (Å²) in [5.41, 5.74) is 8.84. The van der Waals surface area contributed by atoms with Crippen molar-refractivity contribution in [2.75, 3.05) is 36.4 Å². The van der Waals surface area contributed by atoms with Crippen molar-refractivity contribution in [3.63, 3.8) is 0 Å². The maximum absolute atomic E-state index is 12.6. The smallest absolute Gasteiger partial charge is 0.321 e. The molecule has 0 saturated carbocycles. The highest BCUT2D eigenvalue weighted by Gasteiger charge is 2.24. The van der Waals surface area contributed by atoms with Gasteiger partial charge in [0.15, 0.2) is 0 Å². The molecule has 2 aromatic carbocycles. The summed E-state index contributed by atoms with van der Waals surface area (Å²) in [5.74, 6) is 0.0683. The lowest BCUT2D eigenvalue weighted by molar-refractivity contribution is 0.1000. The molecular formula is C23H23N5O2. The molecule has 1 aliphatic heterocycles. The van der Waals surface area contributed by atoms with Crippen molar-refractivity contribution in [2.45, 2.75) is 0 Å². The van der Waals surface area contributed by atoms with E-state index in [0.29, 0.717) is 37.6 Å². The van der Waals surface area contributed by atoms with Crippen LogP contribution in [0.4, 0.5) is 16.3 Å². The van der Waals surface area contributed by atoms with E-state index in [2.05, 4.69) is 22.4 Å². The van der Waals surface area contributed by atoms with Gasteiger partial charge in [0.2, 0.25) is 0 Å². The maximum atomic E-state index is 12.6. The van der Waals surface area contributed by atoms with Gasteiger partial charge >= 0.3 is 6.03 Å². The summed E-state index contributed by atoms with van der Waals surface area (Å²) in [6, 6.07) is 21.1. The van der Waals surface area contributed by atoms with Crippen LogP contribution >= 0.6 is 0 Å². The number of carbonyl (C=O) groups excluding carboxylic acids is 2. The molecule has 0 unspecified atom stereocenters. The molecule has 3 amide bonds. The average molecular weight is 401 g/mol. The average Bonchev–Trinajstić information content (AvgIpc) is 2.80. The Bertz CT molecular complexity index is 1030. The number of primary amides is 1. The van der Waals surface area contributed by atoms with Gasteiger partial charge in [-0.3, -0.25) is 4.79 Å². The van der Waals surface area contributed by atoms with E-state index in [9.17, 15) is 9.59 Å². The number of hydrogen-bond acceptors (Lipinski definition) is 4. The molecule has 2 heterocycles.